The van der Waals surface area contributed by atoms with E-state index in [0.29, 0.717) is 5.66 Å². The second-order valence-electron chi connectivity index (χ2n) is 4.29. The highest BCUT2D eigenvalue weighted by Crippen LogP contribution is 2.66. The zero-order chi connectivity index (χ0) is 10.9. The van der Waals surface area contributed by atoms with Gasteiger partial charge in [0.1, 0.15) is 0 Å². The Hall–Kier alpha value is -0.590. The third-order valence-corrected chi connectivity index (χ3v) is 7.26. The predicted octanol–water partition coefficient (Wildman–Crippen LogP) is 3.41. The fourth-order valence-corrected chi connectivity index (χ4v) is 5.58. The Morgan fingerprint density at radius 3 is 2.53 bits per heavy atom. The van der Waals surface area contributed by atoms with Crippen molar-refractivity contribution < 1.29 is 4.57 Å². The molecule has 1 aromatic rings. The number of hydrogen-bond donors (Lipinski definition) is 1. The molecule has 1 N–H and O–H groups in total. The molecule has 1 unspecified atom stereocenters. The summed E-state index contributed by atoms with van der Waals surface area (Å²) < 4.78 is 12.7. The van der Waals surface area contributed by atoms with Gasteiger partial charge in [0.25, 0.3) is 0 Å². The van der Waals surface area contributed by atoms with E-state index >= 15 is 0 Å². The molecule has 0 bridgehead atoms. The van der Waals surface area contributed by atoms with Gasteiger partial charge in [-0.3, -0.25) is 5.09 Å². The molecule has 1 aromatic carbocycles. The minimum absolute atomic E-state index is 0.221. The molecule has 82 valence electrons. The lowest BCUT2D eigenvalue weighted by Crippen LogP contribution is -2.13. The summed E-state index contributed by atoms with van der Waals surface area (Å²) in [6, 6.07) is 10.2. The SMILES string of the molecule is CNP1(=O)[C@@H](c2ccccc2)CC[C@@H]1C. The lowest BCUT2D eigenvalue weighted by Gasteiger charge is -2.23. The molecule has 0 radical (unpaired) electrons. The molecular formula is C12H18NOP. The van der Waals surface area contributed by atoms with Crippen LogP contribution in [0.5, 0.6) is 0 Å². The number of nitrogens with one attached hydrogen (secondary N) is 1. The van der Waals surface area contributed by atoms with Gasteiger partial charge in [-0.25, -0.2) is 0 Å². The van der Waals surface area contributed by atoms with Crippen molar-refractivity contribution in [2.45, 2.75) is 31.1 Å². The lowest BCUT2D eigenvalue weighted by molar-refractivity contribution is 0.560. The molecule has 2 rings (SSSR count). The van der Waals surface area contributed by atoms with E-state index in [0.717, 1.165) is 12.8 Å². The molecule has 3 atom stereocenters. The first-order chi connectivity index (χ1) is 7.18. The summed E-state index contributed by atoms with van der Waals surface area (Å²) >= 11 is 0. The smallest absolute Gasteiger partial charge is 0.157 e. The molecule has 1 aliphatic rings. The van der Waals surface area contributed by atoms with E-state index in [9.17, 15) is 4.57 Å². The van der Waals surface area contributed by atoms with Crippen LogP contribution in [-0.2, 0) is 4.57 Å². The fraction of sp³-hybridized carbons (Fsp3) is 0.500. The maximum atomic E-state index is 12.7. The van der Waals surface area contributed by atoms with Crippen LogP contribution in [0.4, 0.5) is 0 Å². The summed E-state index contributed by atoms with van der Waals surface area (Å²) in [6.07, 6.45) is 2.11. The Labute approximate surface area is 91.5 Å². The average molecular weight is 223 g/mol. The van der Waals surface area contributed by atoms with Gasteiger partial charge in [0, 0.05) is 5.66 Å². The van der Waals surface area contributed by atoms with Gasteiger partial charge in [0.15, 0.2) is 7.29 Å². The largest absolute Gasteiger partial charge is 0.306 e. The lowest BCUT2D eigenvalue weighted by atomic mass is 10.1. The third-order valence-electron chi connectivity index (χ3n) is 3.51. The van der Waals surface area contributed by atoms with Crippen molar-refractivity contribution >= 4 is 7.29 Å². The third kappa shape index (κ3) is 1.77. The summed E-state index contributed by atoms with van der Waals surface area (Å²) in [5.41, 5.74) is 1.76. The fourth-order valence-electron chi connectivity index (χ4n) is 2.53. The van der Waals surface area contributed by atoms with Gasteiger partial charge in [-0.2, -0.15) is 0 Å². The average Bonchev–Trinajstić information content (AvgIpc) is 2.58. The van der Waals surface area contributed by atoms with Gasteiger partial charge in [0.2, 0.25) is 0 Å². The maximum Gasteiger partial charge on any atom is 0.157 e. The normalized spacial score (nSPS) is 35.6. The zero-order valence-electron chi connectivity index (χ0n) is 9.31. The molecule has 0 aromatic heterocycles. The predicted molar refractivity (Wildman–Crippen MR) is 64.5 cm³/mol. The standard InChI is InChI=1S/C12H18NOP/c1-10-8-9-12(15(10,14)13-2)11-6-4-3-5-7-11/h3-7,10,12H,8-9H2,1-2H3,(H,13,14)/t10-,12+,15?/m0/s1. The van der Waals surface area contributed by atoms with E-state index in [1.54, 1.807) is 0 Å². The molecular weight excluding hydrogens is 205 g/mol. The second kappa shape index (κ2) is 4.11. The molecule has 0 amide bonds. The van der Waals surface area contributed by atoms with Crippen molar-refractivity contribution in [3.63, 3.8) is 0 Å². The van der Waals surface area contributed by atoms with Gasteiger partial charge >= 0.3 is 0 Å². The minimum atomic E-state index is -2.22. The van der Waals surface area contributed by atoms with Crippen molar-refractivity contribution in [1.82, 2.24) is 5.09 Å². The monoisotopic (exact) mass is 223 g/mol. The Morgan fingerprint density at radius 2 is 1.93 bits per heavy atom. The van der Waals surface area contributed by atoms with Gasteiger partial charge in [-0.1, -0.05) is 37.3 Å². The second-order valence-corrected chi connectivity index (χ2v) is 7.66. The van der Waals surface area contributed by atoms with Crippen LogP contribution in [0.15, 0.2) is 30.3 Å². The van der Waals surface area contributed by atoms with E-state index < -0.39 is 7.29 Å². The van der Waals surface area contributed by atoms with Crippen LogP contribution in [0.2, 0.25) is 0 Å². The molecule has 1 heterocycles. The van der Waals surface area contributed by atoms with Crippen LogP contribution >= 0.6 is 7.29 Å². The Kier molecular flexibility index (Phi) is 2.99. The maximum absolute atomic E-state index is 12.7. The highest BCUT2D eigenvalue weighted by atomic mass is 31.2. The van der Waals surface area contributed by atoms with E-state index in [1.165, 1.54) is 5.56 Å². The summed E-state index contributed by atoms with van der Waals surface area (Å²) in [5.74, 6) is 0. The van der Waals surface area contributed by atoms with Crippen molar-refractivity contribution in [2.75, 3.05) is 7.05 Å². The van der Waals surface area contributed by atoms with Crippen LogP contribution < -0.4 is 5.09 Å². The highest BCUT2D eigenvalue weighted by molar-refractivity contribution is 7.63. The number of benzene rings is 1. The molecule has 15 heavy (non-hydrogen) atoms. The molecule has 0 spiro atoms. The molecule has 1 fully saturated rings. The van der Waals surface area contributed by atoms with Crippen LogP contribution in [0.1, 0.15) is 31.0 Å². The van der Waals surface area contributed by atoms with Crippen molar-refractivity contribution in [1.29, 1.82) is 0 Å². The number of hydrogen-bond acceptors (Lipinski definition) is 1. The van der Waals surface area contributed by atoms with E-state index in [-0.39, 0.29) is 5.66 Å². The van der Waals surface area contributed by atoms with E-state index in [1.807, 2.05) is 25.2 Å². The summed E-state index contributed by atoms with van der Waals surface area (Å²) in [7, 11) is -0.392. The van der Waals surface area contributed by atoms with Gasteiger partial charge in [-0.05, 0) is 25.5 Å². The molecule has 1 aliphatic heterocycles. The van der Waals surface area contributed by atoms with E-state index in [2.05, 4.69) is 24.1 Å². The number of rotatable bonds is 2. The molecule has 0 saturated carbocycles. The summed E-state index contributed by atoms with van der Waals surface area (Å²) in [4.78, 5) is 0. The quantitative estimate of drug-likeness (QED) is 0.778. The van der Waals surface area contributed by atoms with Gasteiger partial charge in [0.05, 0.1) is 5.66 Å². The molecule has 1 saturated heterocycles. The Morgan fingerprint density at radius 1 is 1.27 bits per heavy atom. The molecule has 3 heteroatoms. The molecule has 0 aliphatic carbocycles. The van der Waals surface area contributed by atoms with Crippen molar-refractivity contribution in [2.24, 2.45) is 0 Å². The topological polar surface area (TPSA) is 29.1 Å². The van der Waals surface area contributed by atoms with Crippen molar-refractivity contribution in [3.05, 3.63) is 35.9 Å². The molecule has 2 nitrogen and oxygen atoms in total. The Balaban J connectivity index is 2.35. The van der Waals surface area contributed by atoms with Gasteiger partial charge < -0.3 is 4.57 Å². The zero-order valence-corrected chi connectivity index (χ0v) is 10.2. The van der Waals surface area contributed by atoms with Gasteiger partial charge in [-0.15, -0.1) is 0 Å². The summed E-state index contributed by atoms with van der Waals surface area (Å²) in [5, 5.41) is 3.09. The van der Waals surface area contributed by atoms with Crippen LogP contribution in [-0.4, -0.2) is 12.7 Å². The minimum Gasteiger partial charge on any atom is -0.306 e. The Bertz CT molecular complexity index is 376. The van der Waals surface area contributed by atoms with Crippen molar-refractivity contribution in [3.8, 4) is 0 Å². The first-order valence-corrected chi connectivity index (χ1v) is 7.36. The van der Waals surface area contributed by atoms with E-state index in [4.69, 9.17) is 0 Å². The van der Waals surface area contributed by atoms with Crippen LogP contribution in [0.25, 0.3) is 0 Å². The highest BCUT2D eigenvalue weighted by Gasteiger charge is 2.43. The first-order valence-electron chi connectivity index (χ1n) is 5.52. The summed E-state index contributed by atoms with van der Waals surface area (Å²) in [6.45, 7) is 2.10. The first kappa shape index (κ1) is 10.9. The van der Waals surface area contributed by atoms with Crippen LogP contribution in [0.3, 0.4) is 0 Å². The van der Waals surface area contributed by atoms with Crippen LogP contribution in [0, 0.1) is 0 Å².